The molecule has 3 nitrogen and oxygen atoms in total. The van der Waals surface area contributed by atoms with Crippen molar-refractivity contribution in [2.45, 2.75) is 20.3 Å². The molecule has 0 fully saturated rings. The molecule has 1 rings (SSSR count). The van der Waals surface area contributed by atoms with Crippen molar-refractivity contribution in [3.05, 3.63) is 28.3 Å². The molecule has 0 saturated carbocycles. The van der Waals surface area contributed by atoms with E-state index in [4.69, 9.17) is 22.2 Å². The van der Waals surface area contributed by atoms with E-state index in [1.807, 2.05) is 26.0 Å². The van der Waals surface area contributed by atoms with E-state index in [2.05, 4.69) is 4.84 Å². The van der Waals surface area contributed by atoms with Gasteiger partial charge in [0.1, 0.15) is 5.75 Å². The molecule has 0 amide bonds. The van der Waals surface area contributed by atoms with Gasteiger partial charge in [-0.15, -0.1) is 0 Å². The average molecular weight is 230 g/mol. The molecule has 0 aliphatic carbocycles. The van der Waals surface area contributed by atoms with E-state index in [0.717, 1.165) is 28.3 Å². The van der Waals surface area contributed by atoms with Crippen molar-refractivity contribution in [2.75, 3.05) is 13.2 Å². The molecule has 0 atom stereocenters. The van der Waals surface area contributed by atoms with E-state index in [9.17, 15) is 0 Å². The minimum Gasteiger partial charge on any atom is -0.493 e. The lowest BCUT2D eigenvalue weighted by atomic mass is 10.1. The lowest BCUT2D eigenvalue weighted by Gasteiger charge is -2.09. The standard InChI is InChI=1S/C11H16ClNO2/c1-8-6-10(7-9(2)11(8)12)14-4-3-5-15-13/h6-7H,3-5,13H2,1-2H3. The Bertz CT molecular complexity index is 305. The van der Waals surface area contributed by atoms with E-state index in [1.165, 1.54) is 0 Å². The molecule has 1 aromatic rings. The van der Waals surface area contributed by atoms with Crippen LogP contribution in [0.2, 0.25) is 5.02 Å². The van der Waals surface area contributed by atoms with Crippen LogP contribution in [-0.4, -0.2) is 13.2 Å². The quantitative estimate of drug-likeness (QED) is 0.624. The molecule has 0 saturated heterocycles. The van der Waals surface area contributed by atoms with Crippen molar-refractivity contribution in [3.8, 4) is 5.75 Å². The Morgan fingerprint density at radius 3 is 2.33 bits per heavy atom. The number of ether oxygens (including phenoxy) is 1. The van der Waals surface area contributed by atoms with Gasteiger partial charge in [0, 0.05) is 11.4 Å². The Hall–Kier alpha value is -0.770. The van der Waals surface area contributed by atoms with E-state index in [1.54, 1.807) is 0 Å². The van der Waals surface area contributed by atoms with Crippen LogP contribution < -0.4 is 10.6 Å². The van der Waals surface area contributed by atoms with Gasteiger partial charge in [-0.1, -0.05) is 11.6 Å². The van der Waals surface area contributed by atoms with E-state index < -0.39 is 0 Å². The summed E-state index contributed by atoms with van der Waals surface area (Å²) in [6.45, 7) is 5.03. The molecule has 0 heterocycles. The second kappa shape index (κ2) is 5.95. The van der Waals surface area contributed by atoms with Crippen LogP contribution in [0, 0.1) is 13.8 Å². The molecule has 0 aromatic heterocycles. The average Bonchev–Trinajstić information content (AvgIpc) is 2.21. The Labute approximate surface area is 95.1 Å². The molecule has 2 N–H and O–H groups in total. The highest BCUT2D eigenvalue weighted by Crippen LogP contribution is 2.25. The molecule has 4 heteroatoms. The Kier molecular flexibility index (Phi) is 4.88. The molecule has 15 heavy (non-hydrogen) atoms. The first-order valence-electron chi connectivity index (χ1n) is 4.86. The number of benzene rings is 1. The summed E-state index contributed by atoms with van der Waals surface area (Å²) in [5.74, 6) is 5.74. The van der Waals surface area contributed by atoms with Gasteiger partial charge in [0.25, 0.3) is 0 Å². The first-order valence-corrected chi connectivity index (χ1v) is 5.24. The normalized spacial score (nSPS) is 10.4. The zero-order valence-electron chi connectivity index (χ0n) is 9.05. The number of halogens is 1. The minimum atomic E-state index is 0.506. The molecule has 0 spiro atoms. The van der Waals surface area contributed by atoms with Gasteiger partial charge < -0.3 is 9.57 Å². The van der Waals surface area contributed by atoms with Crippen molar-refractivity contribution in [1.29, 1.82) is 0 Å². The predicted octanol–water partition coefficient (Wildman–Crippen LogP) is 2.62. The maximum Gasteiger partial charge on any atom is 0.119 e. The number of hydrogen-bond donors (Lipinski definition) is 1. The number of rotatable bonds is 5. The number of aryl methyl sites for hydroxylation is 2. The summed E-state index contributed by atoms with van der Waals surface area (Å²) in [6, 6.07) is 3.86. The Morgan fingerprint density at radius 2 is 1.80 bits per heavy atom. The van der Waals surface area contributed by atoms with Gasteiger partial charge in [0.15, 0.2) is 0 Å². The van der Waals surface area contributed by atoms with E-state index >= 15 is 0 Å². The summed E-state index contributed by atoms with van der Waals surface area (Å²) in [4.78, 5) is 4.45. The highest BCUT2D eigenvalue weighted by molar-refractivity contribution is 6.32. The highest BCUT2D eigenvalue weighted by Gasteiger charge is 2.03. The molecule has 0 aliphatic rings. The maximum absolute atomic E-state index is 6.04. The third-order valence-electron chi connectivity index (χ3n) is 2.09. The molecule has 0 bridgehead atoms. The fourth-order valence-electron chi connectivity index (χ4n) is 1.32. The second-order valence-electron chi connectivity index (χ2n) is 3.44. The second-order valence-corrected chi connectivity index (χ2v) is 3.82. The molecule has 0 radical (unpaired) electrons. The lowest BCUT2D eigenvalue weighted by molar-refractivity contribution is 0.122. The molecule has 84 valence electrons. The van der Waals surface area contributed by atoms with Crippen LogP contribution in [0.1, 0.15) is 17.5 Å². The minimum absolute atomic E-state index is 0.506. The smallest absolute Gasteiger partial charge is 0.119 e. The molecular formula is C11H16ClNO2. The third-order valence-corrected chi connectivity index (χ3v) is 2.68. The van der Waals surface area contributed by atoms with Crippen LogP contribution in [0.4, 0.5) is 0 Å². The van der Waals surface area contributed by atoms with Gasteiger partial charge in [0.2, 0.25) is 0 Å². The van der Waals surface area contributed by atoms with E-state index in [-0.39, 0.29) is 0 Å². The largest absolute Gasteiger partial charge is 0.493 e. The van der Waals surface area contributed by atoms with E-state index in [0.29, 0.717) is 13.2 Å². The van der Waals surface area contributed by atoms with Crippen molar-refractivity contribution < 1.29 is 9.57 Å². The first kappa shape index (κ1) is 12.3. The summed E-state index contributed by atoms with van der Waals surface area (Å²) in [7, 11) is 0. The maximum atomic E-state index is 6.04. The SMILES string of the molecule is Cc1cc(OCCCON)cc(C)c1Cl. The van der Waals surface area contributed by atoms with Crippen molar-refractivity contribution >= 4 is 11.6 Å². The van der Waals surface area contributed by atoms with Crippen molar-refractivity contribution in [1.82, 2.24) is 0 Å². The van der Waals surface area contributed by atoms with Gasteiger partial charge >= 0.3 is 0 Å². The predicted molar refractivity (Wildman–Crippen MR) is 61.2 cm³/mol. The number of hydrogen-bond acceptors (Lipinski definition) is 3. The topological polar surface area (TPSA) is 44.5 Å². The number of nitrogens with two attached hydrogens (primary N) is 1. The summed E-state index contributed by atoms with van der Waals surface area (Å²) >= 11 is 6.04. The molecule has 0 aliphatic heterocycles. The monoisotopic (exact) mass is 229 g/mol. The third kappa shape index (κ3) is 3.70. The van der Waals surface area contributed by atoms with Gasteiger partial charge in [-0.2, -0.15) is 0 Å². The lowest BCUT2D eigenvalue weighted by Crippen LogP contribution is -2.06. The van der Waals surface area contributed by atoms with Crippen LogP contribution in [0.15, 0.2) is 12.1 Å². The summed E-state index contributed by atoms with van der Waals surface area (Å²) in [5.41, 5.74) is 2.06. The van der Waals surface area contributed by atoms with Crippen LogP contribution >= 0.6 is 11.6 Å². The zero-order chi connectivity index (χ0) is 11.3. The Morgan fingerprint density at radius 1 is 1.20 bits per heavy atom. The summed E-state index contributed by atoms with van der Waals surface area (Å²) in [5, 5.41) is 0.799. The van der Waals surface area contributed by atoms with Crippen molar-refractivity contribution in [3.63, 3.8) is 0 Å². The highest BCUT2D eigenvalue weighted by atomic mass is 35.5. The van der Waals surface area contributed by atoms with Crippen LogP contribution in [0.5, 0.6) is 5.75 Å². The summed E-state index contributed by atoms with van der Waals surface area (Å²) < 4.78 is 5.53. The fraction of sp³-hybridized carbons (Fsp3) is 0.455. The van der Waals surface area contributed by atoms with Gasteiger partial charge in [-0.25, -0.2) is 5.90 Å². The fourth-order valence-corrected chi connectivity index (χ4v) is 1.43. The van der Waals surface area contributed by atoms with Gasteiger partial charge in [0.05, 0.1) is 13.2 Å². The van der Waals surface area contributed by atoms with Gasteiger partial charge in [-0.05, 0) is 37.1 Å². The molecule has 1 aromatic carbocycles. The van der Waals surface area contributed by atoms with Crippen LogP contribution in [-0.2, 0) is 4.84 Å². The molecular weight excluding hydrogens is 214 g/mol. The van der Waals surface area contributed by atoms with Gasteiger partial charge in [-0.3, -0.25) is 0 Å². The van der Waals surface area contributed by atoms with Crippen molar-refractivity contribution in [2.24, 2.45) is 5.90 Å². The molecule has 0 unspecified atom stereocenters. The zero-order valence-corrected chi connectivity index (χ0v) is 9.80. The first-order chi connectivity index (χ1) is 7.15. The Balaban J connectivity index is 2.55. The van der Waals surface area contributed by atoms with Crippen LogP contribution in [0.3, 0.4) is 0 Å². The summed E-state index contributed by atoms with van der Waals surface area (Å²) in [6.07, 6.45) is 0.775. The van der Waals surface area contributed by atoms with Crippen LogP contribution in [0.25, 0.3) is 0 Å².